The number of nitrogens with zero attached hydrogens (tertiary/aromatic N) is 2. The summed E-state index contributed by atoms with van der Waals surface area (Å²) in [6.45, 7) is -0.0335. The van der Waals surface area contributed by atoms with Crippen LogP contribution in [-0.2, 0) is 11.3 Å². The molecule has 0 unspecified atom stereocenters. The van der Waals surface area contributed by atoms with Crippen LogP contribution in [0, 0.1) is 11.3 Å². The molecule has 1 heterocycles. The van der Waals surface area contributed by atoms with Crippen LogP contribution in [0.25, 0.3) is 10.8 Å². The fraction of sp³-hybridized carbons (Fsp3) is 0.0370. The molecule has 0 spiro atoms. The molecule has 0 saturated carbocycles. The molecule has 5 rings (SSSR count). The third-order valence-electron chi connectivity index (χ3n) is 5.63. The minimum Gasteiger partial charge on any atom is -0.457 e. The van der Waals surface area contributed by atoms with Gasteiger partial charge in [-0.15, -0.1) is 0 Å². The first kappa shape index (κ1) is 20.2. The van der Waals surface area contributed by atoms with Gasteiger partial charge in [0, 0.05) is 22.1 Å². The van der Waals surface area contributed by atoms with Gasteiger partial charge in [-0.25, -0.2) is 9.69 Å². The smallest absolute Gasteiger partial charge is 0.338 e. The SMILES string of the molecule is N#Cc1ccccc1COC(=O)c1ccc(N2C(=O)c3cccc4cccc(c34)C2=O)cc1. The molecular weight excluding hydrogens is 416 g/mol. The van der Waals surface area contributed by atoms with Crippen molar-refractivity contribution in [1.82, 2.24) is 0 Å². The number of carbonyl (C=O) groups excluding carboxylic acids is 3. The maximum absolute atomic E-state index is 13.1. The number of hydrogen-bond acceptors (Lipinski definition) is 5. The third kappa shape index (κ3) is 3.42. The van der Waals surface area contributed by atoms with E-state index in [4.69, 9.17) is 10.00 Å². The van der Waals surface area contributed by atoms with Gasteiger partial charge < -0.3 is 4.74 Å². The van der Waals surface area contributed by atoms with Gasteiger partial charge in [-0.05, 0) is 47.9 Å². The lowest BCUT2D eigenvalue weighted by Crippen LogP contribution is -2.40. The number of hydrogen-bond donors (Lipinski definition) is 0. The van der Waals surface area contributed by atoms with E-state index in [2.05, 4.69) is 6.07 Å². The van der Waals surface area contributed by atoms with Crippen LogP contribution in [0.3, 0.4) is 0 Å². The van der Waals surface area contributed by atoms with Gasteiger partial charge in [-0.3, -0.25) is 9.59 Å². The first-order valence-corrected chi connectivity index (χ1v) is 10.2. The normalized spacial score (nSPS) is 12.5. The second kappa shape index (κ2) is 8.06. The van der Waals surface area contributed by atoms with Gasteiger partial charge in [0.05, 0.1) is 22.9 Å². The molecule has 1 aliphatic heterocycles. The van der Waals surface area contributed by atoms with Gasteiger partial charge in [-0.1, -0.05) is 42.5 Å². The van der Waals surface area contributed by atoms with Gasteiger partial charge in [0.2, 0.25) is 0 Å². The van der Waals surface area contributed by atoms with Crippen molar-refractivity contribution >= 4 is 34.2 Å². The molecule has 0 fully saturated rings. The van der Waals surface area contributed by atoms with E-state index in [1.807, 2.05) is 12.1 Å². The quantitative estimate of drug-likeness (QED) is 0.339. The molecule has 1 aliphatic rings. The highest BCUT2D eigenvalue weighted by Gasteiger charge is 2.33. The fourth-order valence-electron chi connectivity index (χ4n) is 3.99. The molecular formula is C27H16N2O4. The van der Waals surface area contributed by atoms with Crippen LogP contribution in [0.2, 0.25) is 0 Å². The predicted octanol–water partition coefficient (Wildman–Crippen LogP) is 4.87. The average molecular weight is 432 g/mol. The highest BCUT2D eigenvalue weighted by Crippen LogP contribution is 2.32. The Morgan fingerprint density at radius 2 is 1.45 bits per heavy atom. The minimum atomic E-state index is -0.569. The van der Waals surface area contributed by atoms with Gasteiger partial charge >= 0.3 is 5.97 Å². The summed E-state index contributed by atoms with van der Waals surface area (Å²) in [5.41, 5.74) is 2.61. The van der Waals surface area contributed by atoms with Gasteiger partial charge in [0.1, 0.15) is 6.61 Å². The van der Waals surface area contributed by atoms with Crippen LogP contribution in [0.4, 0.5) is 5.69 Å². The number of nitriles is 1. The number of anilines is 1. The molecule has 0 aromatic heterocycles. The molecule has 0 radical (unpaired) electrons. The van der Waals surface area contributed by atoms with Crippen molar-refractivity contribution in [3.8, 4) is 6.07 Å². The summed E-state index contributed by atoms with van der Waals surface area (Å²) in [7, 11) is 0. The lowest BCUT2D eigenvalue weighted by atomic mass is 9.94. The second-order valence-electron chi connectivity index (χ2n) is 7.55. The molecule has 0 atom stereocenters. The van der Waals surface area contributed by atoms with Crippen LogP contribution in [0.15, 0.2) is 84.9 Å². The molecule has 6 heteroatoms. The molecule has 0 N–H and O–H groups in total. The van der Waals surface area contributed by atoms with Crippen LogP contribution in [0.5, 0.6) is 0 Å². The molecule has 2 amide bonds. The van der Waals surface area contributed by atoms with Crippen molar-refractivity contribution in [3.05, 3.63) is 113 Å². The fourth-order valence-corrected chi connectivity index (χ4v) is 3.99. The molecule has 158 valence electrons. The Morgan fingerprint density at radius 3 is 2.09 bits per heavy atom. The average Bonchev–Trinajstić information content (AvgIpc) is 2.86. The first-order valence-electron chi connectivity index (χ1n) is 10.2. The number of ether oxygens (including phenoxy) is 1. The summed E-state index contributed by atoms with van der Waals surface area (Å²) in [6.07, 6.45) is 0. The molecule has 0 saturated heterocycles. The number of carbonyl (C=O) groups is 3. The summed E-state index contributed by atoms with van der Waals surface area (Å²) < 4.78 is 5.33. The van der Waals surface area contributed by atoms with Crippen LogP contribution in [-0.4, -0.2) is 17.8 Å². The van der Waals surface area contributed by atoms with E-state index in [9.17, 15) is 14.4 Å². The monoisotopic (exact) mass is 432 g/mol. The Bertz CT molecular complexity index is 1430. The molecule has 0 aliphatic carbocycles. The number of rotatable bonds is 4. The van der Waals surface area contributed by atoms with E-state index in [1.165, 1.54) is 12.1 Å². The zero-order valence-electron chi connectivity index (χ0n) is 17.3. The second-order valence-corrected chi connectivity index (χ2v) is 7.55. The van der Waals surface area contributed by atoms with E-state index in [1.54, 1.807) is 60.7 Å². The number of amides is 2. The van der Waals surface area contributed by atoms with E-state index < -0.39 is 17.8 Å². The number of imide groups is 1. The Morgan fingerprint density at radius 1 is 0.818 bits per heavy atom. The van der Waals surface area contributed by atoms with Crippen molar-refractivity contribution in [2.24, 2.45) is 0 Å². The molecule has 4 aromatic rings. The lowest BCUT2D eigenvalue weighted by molar-refractivity contribution is 0.0472. The zero-order valence-corrected chi connectivity index (χ0v) is 17.3. The summed E-state index contributed by atoms with van der Waals surface area (Å²) in [5, 5.41) is 10.6. The Balaban J connectivity index is 1.38. The van der Waals surface area contributed by atoms with Gasteiger partial charge in [-0.2, -0.15) is 5.26 Å². The maximum atomic E-state index is 13.1. The van der Waals surface area contributed by atoms with E-state index in [-0.39, 0.29) is 12.2 Å². The Kier molecular flexibility index (Phi) is 4.92. The predicted molar refractivity (Wildman–Crippen MR) is 122 cm³/mol. The Labute approximate surface area is 189 Å². The number of esters is 1. The van der Waals surface area contributed by atoms with Crippen LogP contribution < -0.4 is 4.90 Å². The first-order chi connectivity index (χ1) is 16.1. The van der Waals surface area contributed by atoms with Crippen molar-refractivity contribution in [2.75, 3.05) is 4.90 Å². The molecule has 0 bridgehead atoms. The van der Waals surface area contributed by atoms with Crippen LogP contribution in [0.1, 0.15) is 42.2 Å². The molecule has 4 aromatic carbocycles. The van der Waals surface area contributed by atoms with Crippen molar-refractivity contribution in [2.45, 2.75) is 6.61 Å². The Hall–Kier alpha value is -4.76. The van der Waals surface area contributed by atoms with E-state index >= 15 is 0 Å². The molecule has 33 heavy (non-hydrogen) atoms. The van der Waals surface area contributed by atoms with Crippen LogP contribution >= 0.6 is 0 Å². The summed E-state index contributed by atoms with van der Waals surface area (Å²) in [6, 6.07) is 25.8. The molecule has 6 nitrogen and oxygen atoms in total. The standard InChI is InChI=1S/C27H16N2O4/c28-15-19-5-1-2-6-20(19)16-33-27(32)18-11-13-21(14-12-18)29-25(30)22-9-3-7-17-8-4-10-23(24(17)22)26(29)31/h1-14H,16H2. The van der Waals surface area contributed by atoms with E-state index in [0.29, 0.717) is 33.3 Å². The summed E-state index contributed by atoms with van der Waals surface area (Å²) >= 11 is 0. The van der Waals surface area contributed by atoms with Gasteiger partial charge in [0.15, 0.2) is 0 Å². The topological polar surface area (TPSA) is 87.5 Å². The zero-order chi connectivity index (χ0) is 22.9. The minimum absolute atomic E-state index is 0.0335. The largest absolute Gasteiger partial charge is 0.457 e. The highest BCUT2D eigenvalue weighted by molar-refractivity contribution is 6.35. The van der Waals surface area contributed by atoms with E-state index in [0.717, 1.165) is 10.3 Å². The highest BCUT2D eigenvalue weighted by atomic mass is 16.5. The lowest BCUT2D eigenvalue weighted by Gasteiger charge is -2.27. The number of benzene rings is 4. The van der Waals surface area contributed by atoms with Crippen molar-refractivity contribution < 1.29 is 19.1 Å². The van der Waals surface area contributed by atoms with Crippen molar-refractivity contribution in [3.63, 3.8) is 0 Å². The van der Waals surface area contributed by atoms with Crippen molar-refractivity contribution in [1.29, 1.82) is 5.26 Å². The maximum Gasteiger partial charge on any atom is 0.338 e. The summed E-state index contributed by atoms with van der Waals surface area (Å²) in [4.78, 5) is 39.9. The van der Waals surface area contributed by atoms with Gasteiger partial charge in [0.25, 0.3) is 11.8 Å². The third-order valence-corrected chi connectivity index (χ3v) is 5.63. The summed E-state index contributed by atoms with van der Waals surface area (Å²) in [5.74, 6) is -1.39.